The van der Waals surface area contributed by atoms with Crippen molar-refractivity contribution in [3.63, 3.8) is 0 Å². The maximum atomic E-state index is 12.6. The van der Waals surface area contributed by atoms with Gasteiger partial charge >= 0.3 is 0 Å². The van der Waals surface area contributed by atoms with Gasteiger partial charge in [0.25, 0.3) is 0 Å². The maximum Gasteiger partial charge on any atom is 0.242 e. The summed E-state index contributed by atoms with van der Waals surface area (Å²) in [7, 11) is 2.22. The van der Waals surface area contributed by atoms with Crippen LogP contribution in [0.15, 0.2) is 29.2 Å². The summed E-state index contributed by atoms with van der Waals surface area (Å²) in [6.45, 7) is 2.70. The zero-order valence-corrected chi connectivity index (χ0v) is 13.9. The molecule has 5 nitrogen and oxygen atoms in total. The van der Waals surface area contributed by atoms with Crippen LogP contribution in [0.4, 0.5) is 5.69 Å². The SMILES string of the molecule is CNc1ccc(S(=O)(=O)N(C)CC2CCN(C)CC2)cc1. The standard InChI is InChI=1S/C15H25N3O2S/c1-16-14-4-6-15(7-5-14)21(19,20)18(3)12-13-8-10-17(2)11-9-13/h4-7,13,16H,8-12H2,1-3H3. The molecular formula is C15H25N3O2S. The van der Waals surface area contributed by atoms with Gasteiger partial charge in [-0.15, -0.1) is 0 Å². The lowest BCUT2D eigenvalue weighted by Gasteiger charge is -2.31. The van der Waals surface area contributed by atoms with E-state index >= 15 is 0 Å². The molecule has 1 N–H and O–H groups in total. The summed E-state index contributed by atoms with van der Waals surface area (Å²) >= 11 is 0. The van der Waals surface area contributed by atoms with E-state index in [1.54, 1.807) is 31.3 Å². The van der Waals surface area contributed by atoms with Crippen LogP contribution >= 0.6 is 0 Å². The highest BCUT2D eigenvalue weighted by Crippen LogP contribution is 2.22. The number of anilines is 1. The highest BCUT2D eigenvalue weighted by molar-refractivity contribution is 7.89. The van der Waals surface area contributed by atoms with E-state index in [1.807, 2.05) is 7.05 Å². The highest BCUT2D eigenvalue weighted by atomic mass is 32.2. The lowest BCUT2D eigenvalue weighted by molar-refractivity contribution is 0.202. The van der Waals surface area contributed by atoms with Gasteiger partial charge in [-0.1, -0.05) is 0 Å². The number of benzene rings is 1. The van der Waals surface area contributed by atoms with E-state index in [2.05, 4.69) is 17.3 Å². The van der Waals surface area contributed by atoms with E-state index in [4.69, 9.17) is 0 Å². The predicted molar refractivity (Wildman–Crippen MR) is 86.0 cm³/mol. The topological polar surface area (TPSA) is 52.7 Å². The fourth-order valence-electron chi connectivity index (χ4n) is 2.68. The fourth-order valence-corrected chi connectivity index (χ4v) is 3.93. The van der Waals surface area contributed by atoms with Gasteiger partial charge in [0, 0.05) is 26.3 Å². The summed E-state index contributed by atoms with van der Waals surface area (Å²) < 4.78 is 26.6. The van der Waals surface area contributed by atoms with Crippen molar-refractivity contribution in [1.82, 2.24) is 9.21 Å². The molecule has 0 aliphatic carbocycles. The van der Waals surface area contributed by atoms with Crippen molar-refractivity contribution in [3.05, 3.63) is 24.3 Å². The minimum Gasteiger partial charge on any atom is -0.388 e. The molecule has 118 valence electrons. The Morgan fingerprint density at radius 3 is 2.33 bits per heavy atom. The largest absolute Gasteiger partial charge is 0.388 e. The molecule has 2 rings (SSSR count). The first-order valence-corrected chi connectivity index (χ1v) is 8.80. The van der Waals surface area contributed by atoms with E-state index in [1.165, 1.54) is 4.31 Å². The zero-order chi connectivity index (χ0) is 15.5. The summed E-state index contributed by atoms with van der Waals surface area (Å²) in [4.78, 5) is 2.65. The van der Waals surface area contributed by atoms with E-state index in [-0.39, 0.29) is 0 Å². The van der Waals surface area contributed by atoms with Crippen molar-refractivity contribution in [3.8, 4) is 0 Å². The molecule has 1 heterocycles. The molecule has 0 radical (unpaired) electrons. The quantitative estimate of drug-likeness (QED) is 0.899. The number of piperidine rings is 1. The van der Waals surface area contributed by atoms with Gasteiger partial charge in [0.1, 0.15) is 0 Å². The summed E-state index contributed by atoms with van der Waals surface area (Å²) in [5.74, 6) is 0.456. The van der Waals surface area contributed by atoms with Crippen LogP contribution in [0.25, 0.3) is 0 Å². The van der Waals surface area contributed by atoms with E-state index < -0.39 is 10.0 Å². The molecule has 0 bridgehead atoms. The minimum absolute atomic E-state index is 0.358. The first-order chi connectivity index (χ1) is 9.93. The second kappa shape index (κ2) is 6.77. The second-order valence-corrected chi connectivity index (χ2v) is 7.85. The average Bonchev–Trinajstić information content (AvgIpc) is 2.49. The Morgan fingerprint density at radius 1 is 1.24 bits per heavy atom. The van der Waals surface area contributed by atoms with Crippen molar-refractivity contribution >= 4 is 15.7 Å². The number of nitrogens with one attached hydrogen (secondary N) is 1. The van der Waals surface area contributed by atoms with Crippen LogP contribution in [0.5, 0.6) is 0 Å². The summed E-state index contributed by atoms with van der Waals surface area (Å²) in [5, 5.41) is 2.99. The summed E-state index contributed by atoms with van der Waals surface area (Å²) in [6, 6.07) is 6.89. The van der Waals surface area contributed by atoms with Crippen LogP contribution in [0.2, 0.25) is 0 Å². The third-order valence-corrected chi connectivity index (χ3v) is 6.04. The van der Waals surface area contributed by atoms with Gasteiger partial charge in [0.15, 0.2) is 0 Å². The second-order valence-electron chi connectivity index (χ2n) is 5.81. The monoisotopic (exact) mass is 311 g/mol. The predicted octanol–water partition coefficient (Wildman–Crippen LogP) is 1.69. The third kappa shape index (κ3) is 3.96. The van der Waals surface area contributed by atoms with Crippen LogP contribution < -0.4 is 5.32 Å². The molecule has 0 unspecified atom stereocenters. The van der Waals surface area contributed by atoms with Gasteiger partial charge in [-0.25, -0.2) is 12.7 Å². The Balaban J connectivity index is 2.03. The number of nitrogens with zero attached hydrogens (tertiary/aromatic N) is 2. The fraction of sp³-hybridized carbons (Fsp3) is 0.600. The van der Waals surface area contributed by atoms with Gasteiger partial charge in [0.05, 0.1) is 4.90 Å². The lowest BCUT2D eigenvalue weighted by atomic mass is 9.97. The number of rotatable bonds is 5. The molecule has 21 heavy (non-hydrogen) atoms. The van der Waals surface area contributed by atoms with Crippen LogP contribution in [-0.4, -0.2) is 58.4 Å². The molecule has 1 aromatic carbocycles. The van der Waals surface area contributed by atoms with Crippen molar-refractivity contribution in [1.29, 1.82) is 0 Å². The van der Waals surface area contributed by atoms with Gasteiger partial charge in [-0.2, -0.15) is 0 Å². The summed E-state index contributed by atoms with van der Waals surface area (Å²) in [6.07, 6.45) is 2.13. The van der Waals surface area contributed by atoms with Gasteiger partial charge in [0.2, 0.25) is 10.0 Å². The Bertz CT molecular complexity index is 549. The summed E-state index contributed by atoms with van der Waals surface area (Å²) in [5.41, 5.74) is 0.909. The molecule has 0 aromatic heterocycles. The van der Waals surface area contributed by atoms with E-state index in [0.29, 0.717) is 17.4 Å². The minimum atomic E-state index is -3.38. The maximum absolute atomic E-state index is 12.6. The van der Waals surface area contributed by atoms with E-state index in [0.717, 1.165) is 31.6 Å². The molecule has 1 aliphatic rings. The molecule has 1 aliphatic heterocycles. The number of hydrogen-bond acceptors (Lipinski definition) is 4. The Labute approximate surface area is 128 Å². The van der Waals surface area contributed by atoms with Crippen LogP contribution in [0.3, 0.4) is 0 Å². The lowest BCUT2D eigenvalue weighted by Crippen LogP contribution is -2.37. The first kappa shape index (κ1) is 16.3. The van der Waals surface area contributed by atoms with Crippen molar-refractivity contribution < 1.29 is 8.42 Å². The molecule has 0 amide bonds. The number of hydrogen-bond donors (Lipinski definition) is 1. The molecule has 0 atom stereocenters. The van der Waals surface area contributed by atoms with Gasteiger partial charge in [-0.05, 0) is 63.2 Å². The highest BCUT2D eigenvalue weighted by Gasteiger charge is 2.25. The smallest absolute Gasteiger partial charge is 0.242 e. The Morgan fingerprint density at radius 2 is 1.81 bits per heavy atom. The number of sulfonamides is 1. The molecular weight excluding hydrogens is 286 g/mol. The zero-order valence-electron chi connectivity index (χ0n) is 13.0. The Kier molecular flexibility index (Phi) is 5.24. The molecule has 1 aromatic rings. The molecule has 1 fully saturated rings. The van der Waals surface area contributed by atoms with Crippen LogP contribution in [0.1, 0.15) is 12.8 Å². The molecule has 0 saturated carbocycles. The first-order valence-electron chi connectivity index (χ1n) is 7.36. The van der Waals surface area contributed by atoms with Crippen molar-refractivity contribution in [2.75, 3.05) is 46.1 Å². The molecule has 6 heteroatoms. The van der Waals surface area contributed by atoms with Gasteiger partial charge in [-0.3, -0.25) is 0 Å². The van der Waals surface area contributed by atoms with Crippen molar-refractivity contribution in [2.45, 2.75) is 17.7 Å². The molecule has 0 spiro atoms. The van der Waals surface area contributed by atoms with Crippen LogP contribution in [0, 0.1) is 5.92 Å². The third-order valence-electron chi connectivity index (χ3n) is 4.20. The normalized spacial score (nSPS) is 18.1. The van der Waals surface area contributed by atoms with Crippen LogP contribution in [-0.2, 0) is 10.0 Å². The number of likely N-dealkylation sites (tertiary alicyclic amines) is 1. The van der Waals surface area contributed by atoms with Gasteiger partial charge < -0.3 is 10.2 Å². The van der Waals surface area contributed by atoms with E-state index in [9.17, 15) is 8.42 Å². The Hall–Kier alpha value is -1.11. The van der Waals surface area contributed by atoms with Crippen molar-refractivity contribution in [2.24, 2.45) is 5.92 Å². The average molecular weight is 311 g/mol. The molecule has 1 saturated heterocycles.